The number of hydrogen-bond acceptors (Lipinski definition) is 2. The molecule has 1 N–H and O–H groups in total. The fraction of sp³-hybridized carbons (Fsp3) is 0.0714. The van der Waals surface area contributed by atoms with E-state index < -0.39 is 5.82 Å². The Balaban J connectivity index is 2.37. The van der Waals surface area contributed by atoms with Crippen molar-refractivity contribution in [3.63, 3.8) is 0 Å². The fourth-order valence-electron chi connectivity index (χ4n) is 1.57. The lowest BCUT2D eigenvalue weighted by Gasteiger charge is -2.11. The number of nitrogens with one attached hydrogen (secondary N) is 1. The second kappa shape index (κ2) is 5.60. The maximum Gasteiger partial charge on any atom is 0.147 e. The number of aryl methyl sites for hydroxylation is 1. The second-order valence-corrected chi connectivity index (χ2v) is 5.27. The minimum atomic E-state index is -0.484. The molecule has 0 atom stereocenters. The summed E-state index contributed by atoms with van der Waals surface area (Å²) < 4.78 is 14.6. The number of nitrogens with zero attached hydrogens (tertiary/aromatic N) is 1. The Hall–Kier alpha value is -1.57. The molecule has 2 aromatic rings. The molecule has 0 fully saturated rings. The normalized spacial score (nSPS) is 10.1. The highest BCUT2D eigenvalue weighted by Crippen LogP contribution is 2.32. The van der Waals surface area contributed by atoms with Crippen molar-refractivity contribution in [1.82, 2.24) is 0 Å². The zero-order valence-corrected chi connectivity index (χ0v) is 12.3. The van der Waals surface area contributed by atoms with Gasteiger partial charge in [0.2, 0.25) is 0 Å². The van der Waals surface area contributed by atoms with Crippen LogP contribution in [0, 0.1) is 24.1 Å². The third-order valence-corrected chi connectivity index (χ3v) is 3.68. The Morgan fingerprint density at radius 1 is 1.26 bits per heavy atom. The van der Waals surface area contributed by atoms with Crippen LogP contribution in [-0.2, 0) is 0 Å². The molecule has 0 radical (unpaired) electrons. The Morgan fingerprint density at radius 2 is 2.00 bits per heavy atom. The molecule has 0 spiro atoms. The van der Waals surface area contributed by atoms with Crippen LogP contribution in [0.2, 0.25) is 5.02 Å². The van der Waals surface area contributed by atoms with E-state index >= 15 is 0 Å². The van der Waals surface area contributed by atoms with Gasteiger partial charge in [-0.25, -0.2) is 4.39 Å². The molecule has 96 valence electrons. The van der Waals surface area contributed by atoms with Gasteiger partial charge in [0.05, 0.1) is 23.0 Å². The zero-order chi connectivity index (χ0) is 14.0. The Morgan fingerprint density at radius 3 is 2.63 bits per heavy atom. The van der Waals surface area contributed by atoms with E-state index in [2.05, 4.69) is 21.2 Å². The minimum Gasteiger partial charge on any atom is -0.352 e. The van der Waals surface area contributed by atoms with Crippen molar-refractivity contribution in [1.29, 1.82) is 5.26 Å². The average molecular weight is 340 g/mol. The monoisotopic (exact) mass is 338 g/mol. The molecule has 0 saturated heterocycles. The van der Waals surface area contributed by atoms with Gasteiger partial charge in [0.15, 0.2) is 0 Å². The summed E-state index contributed by atoms with van der Waals surface area (Å²) in [5.74, 6) is -0.484. The molecule has 0 aliphatic carbocycles. The number of anilines is 2. The molecule has 0 heterocycles. The van der Waals surface area contributed by atoms with Crippen LogP contribution >= 0.6 is 27.5 Å². The quantitative estimate of drug-likeness (QED) is 0.819. The van der Waals surface area contributed by atoms with Gasteiger partial charge in [-0.15, -0.1) is 0 Å². The van der Waals surface area contributed by atoms with Crippen LogP contribution in [0.15, 0.2) is 34.8 Å². The number of benzene rings is 2. The standard InChI is InChI=1S/C14H9BrClFN2/c1-8-4-10(15)14(6-11(8)16)19-13-3-2-9(7-18)5-12(13)17/h2-6,19H,1H3. The van der Waals surface area contributed by atoms with Crippen LogP contribution in [0.5, 0.6) is 0 Å². The van der Waals surface area contributed by atoms with E-state index in [-0.39, 0.29) is 5.56 Å². The molecular weight excluding hydrogens is 331 g/mol. The van der Waals surface area contributed by atoms with E-state index in [1.165, 1.54) is 12.1 Å². The molecule has 2 aromatic carbocycles. The summed E-state index contributed by atoms with van der Waals surface area (Å²) >= 11 is 9.44. The van der Waals surface area contributed by atoms with Crippen LogP contribution in [0.25, 0.3) is 0 Å². The lowest BCUT2D eigenvalue weighted by atomic mass is 10.2. The summed E-state index contributed by atoms with van der Waals surface area (Å²) in [5.41, 5.74) is 2.17. The van der Waals surface area contributed by atoms with Crippen molar-refractivity contribution in [2.75, 3.05) is 5.32 Å². The largest absolute Gasteiger partial charge is 0.352 e. The first-order chi connectivity index (χ1) is 9.01. The molecule has 0 unspecified atom stereocenters. The van der Waals surface area contributed by atoms with Gasteiger partial charge in [-0.3, -0.25) is 0 Å². The molecule has 0 amide bonds. The number of nitriles is 1. The average Bonchev–Trinajstić information content (AvgIpc) is 2.38. The topological polar surface area (TPSA) is 35.8 Å². The zero-order valence-electron chi connectivity index (χ0n) is 9.97. The van der Waals surface area contributed by atoms with Crippen LogP contribution in [0.1, 0.15) is 11.1 Å². The van der Waals surface area contributed by atoms with Crippen molar-refractivity contribution in [3.8, 4) is 6.07 Å². The van der Waals surface area contributed by atoms with E-state index in [1.807, 2.05) is 19.1 Å². The summed E-state index contributed by atoms with van der Waals surface area (Å²) in [6.07, 6.45) is 0. The van der Waals surface area contributed by atoms with Crippen LogP contribution in [-0.4, -0.2) is 0 Å². The third-order valence-electron chi connectivity index (χ3n) is 2.62. The highest BCUT2D eigenvalue weighted by molar-refractivity contribution is 9.10. The SMILES string of the molecule is Cc1cc(Br)c(Nc2ccc(C#N)cc2F)cc1Cl. The maximum absolute atomic E-state index is 13.8. The Bertz CT molecular complexity index is 680. The predicted molar refractivity (Wildman–Crippen MR) is 78.3 cm³/mol. The van der Waals surface area contributed by atoms with Crippen molar-refractivity contribution < 1.29 is 4.39 Å². The number of rotatable bonds is 2. The third kappa shape index (κ3) is 3.06. The molecule has 0 aromatic heterocycles. The van der Waals surface area contributed by atoms with Crippen LogP contribution in [0.3, 0.4) is 0 Å². The summed E-state index contributed by atoms with van der Waals surface area (Å²) in [6.45, 7) is 1.89. The van der Waals surface area contributed by atoms with E-state index in [1.54, 1.807) is 12.1 Å². The molecule has 0 aliphatic rings. The first-order valence-corrected chi connectivity index (χ1v) is 6.60. The van der Waals surface area contributed by atoms with E-state index in [0.717, 1.165) is 10.0 Å². The highest BCUT2D eigenvalue weighted by Gasteiger charge is 2.08. The van der Waals surface area contributed by atoms with Gasteiger partial charge < -0.3 is 5.32 Å². The Labute approximate surface area is 123 Å². The first kappa shape index (κ1) is 13.9. The second-order valence-electron chi connectivity index (χ2n) is 4.01. The lowest BCUT2D eigenvalue weighted by molar-refractivity contribution is 0.631. The van der Waals surface area contributed by atoms with Crippen molar-refractivity contribution >= 4 is 38.9 Å². The fourth-order valence-corrected chi connectivity index (χ4v) is 2.29. The van der Waals surface area contributed by atoms with Gasteiger partial charge in [-0.05, 0) is 58.7 Å². The first-order valence-electron chi connectivity index (χ1n) is 5.43. The van der Waals surface area contributed by atoms with Crippen molar-refractivity contribution in [2.45, 2.75) is 6.92 Å². The number of hydrogen-bond donors (Lipinski definition) is 1. The lowest BCUT2D eigenvalue weighted by Crippen LogP contribution is -1.96. The highest BCUT2D eigenvalue weighted by atomic mass is 79.9. The van der Waals surface area contributed by atoms with Gasteiger partial charge in [-0.2, -0.15) is 5.26 Å². The van der Waals surface area contributed by atoms with Crippen molar-refractivity contribution in [3.05, 3.63) is 56.8 Å². The maximum atomic E-state index is 13.8. The molecule has 2 rings (SSSR count). The molecular formula is C14H9BrClFN2. The smallest absolute Gasteiger partial charge is 0.147 e. The van der Waals surface area contributed by atoms with Gasteiger partial charge >= 0.3 is 0 Å². The number of halogens is 3. The summed E-state index contributed by atoms with van der Waals surface area (Å²) in [5, 5.41) is 12.2. The predicted octanol–water partition coefficient (Wildman–Crippen LogP) is 5.17. The molecule has 5 heteroatoms. The van der Waals surface area contributed by atoms with E-state index in [0.29, 0.717) is 16.4 Å². The summed E-state index contributed by atoms with van der Waals surface area (Å²) in [7, 11) is 0. The van der Waals surface area contributed by atoms with E-state index in [9.17, 15) is 4.39 Å². The summed E-state index contributed by atoms with van der Waals surface area (Å²) in [4.78, 5) is 0. The molecule has 0 aliphatic heterocycles. The van der Waals surface area contributed by atoms with Gasteiger partial charge in [-0.1, -0.05) is 11.6 Å². The molecule has 0 bridgehead atoms. The van der Waals surface area contributed by atoms with Crippen LogP contribution < -0.4 is 5.32 Å². The summed E-state index contributed by atoms with van der Waals surface area (Å²) in [6, 6.07) is 9.72. The molecule has 2 nitrogen and oxygen atoms in total. The van der Waals surface area contributed by atoms with Gasteiger partial charge in [0.1, 0.15) is 5.82 Å². The van der Waals surface area contributed by atoms with E-state index in [4.69, 9.17) is 16.9 Å². The van der Waals surface area contributed by atoms with Gasteiger partial charge in [0, 0.05) is 9.50 Å². The van der Waals surface area contributed by atoms with Gasteiger partial charge in [0.25, 0.3) is 0 Å². The van der Waals surface area contributed by atoms with Crippen LogP contribution in [0.4, 0.5) is 15.8 Å². The molecule has 0 saturated carbocycles. The minimum absolute atomic E-state index is 0.282. The molecule has 19 heavy (non-hydrogen) atoms. The van der Waals surface area contributed by atoms with Crippen molar-refractivity contribution in [2.24, 2.45) is 0 Å². The Kier molecular flexibility index (Phi) is 4.08.